The van der Waals surface area contributed by atoms with E-state index >= 15 is 0 Å². The highest BCUT2D eigenvalue weighted by molar-refractivity contribution is 5.01. The van der Waals surface area contributed by atoms with E-state index < -0.39 is 0 Å². The summed E-state index contributed by atoms with van der Waals surface area (Å²) in [5.74, 6) is 0. The van der Waals surface area contributed by atoms with Crippen LogP contribution in [0.2, 0.25) is 0 Å². The molecule has 2 fully saturated rings. The Morgan fingerprint density at radius 1 is 1.25 bits per heavy atom. The van der Waals surface area contributed by atoms with Crippen molar-refractivity contribution in [1.29, 1.82) is 0 Å². The SMILES string of the molecule is CCC1(CC)CNC(C)(C)CN1CCCC1CCCO1. The Balaban J connectivity index is 1.89. The van der Waals surface area contributed by atoms with Crippen LogP contribution in [0.1, 0.15) is 66.2 Å². The molecule has 0 aromatic rings. The Kier molecular flexibility index (Phi) is 5.49. The number of ether oxygens (including phenoxy) is 1. The monoisotopic (exact) mass is 282 g/mol. The highest BCUT2D eigenvalue weighted by Gasteiger charge is 2.41. The van der Waals surface area contributed by atoms with Crippen molar-refractivity contribution in [2.75, 3.05) is 26.2 Å². The summed E-state index contributed by atoms with van der Waals surface area (Å²) in [4.78, 5) is 2.76. The van der Waals surface area contributed by atoms with Gasteiger partial charge in [-0.15, -0.1) is 0 Å². The van der Waals surface area contributed by atoms with Gasteiger partial charge >= 0.3 is 0 Å². The molecule has 1 unspecified atom stereocenters. The molecule has 0 saturated carbocycles. The summed E-state index contributed by atoms with van der Waals surface area (Å²) in [6.07, 6.45) is 8.09. The minimum absolute atomic E-state index is 0.248. The zero-order chi connectivity index (χ0) is 14.6. The maximum atomic E-state index is 5.76. The fourth-order valence-corrected chi connectivity index (χ4v) is 3.86. The molecule has 2 aliphatic rings. The van der Waals surface area contributed by atoms with E-state index in [9.17, 15) is 0 Å². The summed E-state index contributed by atoms with van der Waals surface area (Å²) in [6.45, 7) is 13.9. The lowest BCUT2D eigenvalue weighted by Gasteiger charge is -2.52. The molecule has 0 bridgehead atoms. The van der Waals surface area contributed by atoms with Crippen molar-refractivity contribution in [2.45, 2.75) is 83.4 Å². The van der Waals surface area contributed by atoms with Crippen LogP contribution in [0.25, 0.3) is 0 Å². The molecule has 0 radical (unpaired) electrons. The Hall–Kier alpha value is -0.120. The predicted molar refractivity (Wildman–Crippen MR) is 85.2 cm³/mol. The van der Waals surface area contributed by atoms with Gasteiger partial charge in [-0.2, -0.15) is 0 Å². The molecule has 20 heavy (non-hydrogen) atoms. The molecule has 2 saturated heterocycles. The highest BCUT2D eigenvalue weighted by Crippen LogP contribution is 2.30. The van der Waals surface area contributed by atoms with Crippen LogP contribution in [-0.4, -0.2) is 48.3 Å². The van der Waals surface area contributed by atoms with Gasteiger partial charge < -0.3 is 10.1 Å². The molecular weight excluding hydrogens is 248 g/mol. The summed E-state index contributed by atoms with van der Waals surface area (Å²) in [5.41, 5.74) is 0.615. The Morgan fingerprint density at radius 2 is 2.00 bits per heavy atom. The normalized spacial score (nSPS) is 29.7. The predicted octanol–water partition coefficient (Wildman–Crippen LogP) is 3.19. The van der Waals surface area contributed by atoms with Gasteiger partial charge in [0.1, 0.15) is 0 Å². The number of hydrogen-bond donors (Lipinski definition) is 1. The number of piperazine rings is 1. The van der Waals surface area contributed by atoms with E-state index in [1.54, 1.807) is 0 Å². The minimum atomic E-state index is 0.248. The summed E-state index contributed by atoms with van der Waals surface area (Å²) in [7, 11) is 0. The standard InChI is InChI=1S/C17H34N2O/c1-5-17(6-2)13-18-16(3,4)14-19(17)11-7-9-15-10-8-12-20-15/h15,18H,5-14H2,1-4H3. The third-order valence-electron chi connectivity index (χ3n) is 5.45. The molecular formula is C17H34N2O. The molecule has 3 heteroatoms. The molecule has 0 spiro atoms. The number of hydrogen-bond acceptors (Lipinski definition) is 3. The van der Waals surface area contributed by atoms with Crippen LogP contribution < -0.4 is 5.32 Å². The van der Waals surface area contributed by atoms with Crippen molar-refractivity contribution >= 4 is 0 Å². The smallest absolute Gasteiger partial charge is 0.0576 e. The number of nitrogens with zero attached hydrogens (tertiary/aromatic N) is 1. The van der Waals surface area contributed by atoms with E-state index in [0.29, 0.717) is 11.6 Å². The lowest BCUT2D eigenvalue weighted by atomic mass is 9.84. The highest BCUT2D eigenvalue weighted by atomic mass is 16.5. The zero-order valence-corrected chi connectivity index (χ0v) is 14.0. The maximum Gasteiger partial charge on any atom is 0.0576 e. The van der Waals surface area contributed by atoms with Crippen LogP contribution in [0.15, 0.2) is 0 Å². The largest absolute Gasteiger partial charge is 0.378 e. The topological polar surface area (TPSA) is 24.5 Å². The molecule has 2 heterocycles. The van der Waals surface area contributed by atoms with Gasteiger partial charge in [0.15, 0.2) is 0 Å². The zero-order valence-electron chi connectivity index (χ0n) is 14.0. The van der Waals surface area contributed by atoms with Crippen LogP contribution in [0, 0.1) is 0 Å². The van der Waals surface area contributed by atoms with Crippen LogP contribution in [0.3, 0.4) is 0 Å². The molecule has 3 nitrogen and oxygen atoms in total. The lowest BCUT2D eigenvalue weighted by molar-refractivity contribution is 0.00442. The molecule has 2 aliphatic heterocycles. The van der Waals surface area contributed by atoms with E-state index in [1.165, 1.54) is 51.6 Å². The molecule has 0 aromatic carbocycles. The van der Waals surface area contributed by atoms with Gasteiger partial charge in [-0.3, -0.25) is 4.90 Å². The summed E-state index contributed by atoms with van der Waals surface area (Å²) in [5, 5.41) is 3.75. The van der Waals surface area contributed by atoms with Crippen molar-refractivity contribution in [3.63, 3.8) is 0 Å². The molecule has 1 N–H and O–H groups in total. The van der Waals surface area contributed by atoms with Gasteiger partial charge in [0.05, 0.1) is 6.10 Å². The van der Waals surface area contributed by atoms with Crippen LogP contribution in [0.5, 0.6) is 0 Å². The second-order valence-electron chi connectivity index (χ2n) is 7.37. The van der Waals surface area contributed by atoms with Gasteiger partial charge in [0, 0.05) is 30.8 Å². The summed E-state index contributed by atoms with van der Waals surface area (Å²) < 4.78 is 5.76. The molecule has 2 rings (SSSR count). The van der Waals surface area contributed by atoms with Crippen molar-refractivity contribution in [3.05, 3.63) is 0 Å². The average Bonchev–Trinajstić information content (AvgIpc) is 2.92. The fraction of sp³-hybridized carbons (Fsp3) is 1.00. The van der Waals surface area contributed by atoms with Gasteiger partial charge in [0.25, 0.3) is 0 Å². The van der Waals surface area contributed by atoms with Crippen LogP contribution >= 0.6 is 0 Å². The van der Waals surface area contributed by atoms with Crippen molar-refractivity contribution in [1.82, 2.24) is 10.2 Å². The molecule has 0 amide bonds. The van der Waals surface area contributed by atoms with Gasteiger partial charge in [0.2, 0.25) is 0 Å². The Labute approximate surface area is 125 Å². The van der Waals surface area contributed by atoms with Gasteiger partial charge in [-0.25, -0.2) is 0 Å². The fourth-order valence-electron chi connectivity index (χ4n) is 3.86. The molecule has 0 aromatic heterocycles. The Morgan fingerprint density at radius 3 is 2.60 bits per heavy atom. The summed E-state index contributed by atoms with van der Waals surface area (Å²) >= 11 is 0. The first-order valence-corrected chi connectivity index (χ1v) is 8.63. The van der Waals surface area contributed by atoms with Gasteiger partial charge in [-0.05, 0) is 58.9 Å². The lowest BCUT2D eigenvalue weighted by Crippen LogP contribution is -2.68. The summed E-state index contributed by atoms with van der Waals surface area (Å²) in [6, 6.07) is 0. The number of rotatable bonds is 6. The van der Waals surface area contributed by atoms with Crippen molar-refractivity contribution in [2.24, 2.45) is 0 Å². The second-order valence-corrected chi connectivity index (χ2v) is 7.37. The first-order valence-electron chi connectivity index (χ1n) is 8.63. The Bertz CT molecular complexity index is 293. The van der Waals surface area contributed by atoms with Crippen LogP contribution in [0.4, 0.5) is 0 Å². The minimum Gasteiger partial charge on any atom is -0.378 e. The third kappa shape index (κ3) is 3.75. The van der Waals surface area contributed by atoms with E-state index in [4.69, 9.17) is 4.74 Å². The second kappa shape index (κ2) is 6.76. The van der Waals surface area contributed by atoms with Gasteiger partial charge in [-0.1, -0.05) is 13.8 Å². The van der Waals surface area contributed by atoms with E-state index in [0.717, 1.165) is 13.2 Å². The van der Waals surface area contributed by atoms with Crippen molar-refractivity contribution in [3.8, 4) is 0 Å². The first kappa shape index (κ1) is 16.3. The maximum absolute atomic E-state index is 5.76. The third-order valence-corrected chi connectivity index (χ3v) is 5.45. The molecule has 118 valence electrons. The van der Waals surface area contributed by atoms with E-state index in [-0.39, 0.29) is 5.54 Å². The van der Waals surface area contributed by atoms with Crippen LogP contribution in [-0.2, 0) is 4.74 Å². The average molecular weight is 282 g/mol. The molecule has 1 atom stereocenters. The quantitative estimate of drug-likeness (QED) is 0.810. The van der Waals surface area contributed by atoms with E-state index in [2.05, 4.69) is 37.9 Å². The first-order chi connectivity index (χ1) is 9.51. The van der Waals surface area contributed by atoms with E-state index in [1.807, 2.05) is 0 Å². The number of nitrogens with one attached hydrogen (secondary N) is 1. The van der Waals surface area contributed by atoms with Crippen molar-refractivity contribution < 1.29 is 4.74 Å². The molecule has 0 aliphatic carbocycles.